The summed E-state index contributed by atoms with van der Waals surface area (Å²) in [4.78, 5) is 4.71. The van der Waals surface area contributed by atoms with E-state index >= 15 is 0 Å². The van der Waals surface area contributed by atoms with Crippen molar-refractivity contribution in [2.75, 3.05) is 0 Å². The molecule has 0 radical (unpaired) electrons. The zero-order chi connectivity index (χ0) is 13.5. The van der Waals surface area contributed by atoms with Crippen LogP contribution in [0.4, 0.5) is 0 Å². The minimum Gasteiger partial charge on any atom is -0.355 e. The Balaban J connectivity index is 1.82. The van der Waals surface area contributed by atoms with Crippen molar-refractivity contribution >= 4 is 28.4 Å². The fourth-order valence-electron chi connectivity index (χ4n) is 2.77. The molecule has 0 bridgehead atoms. The SMILES string of the molecule is S=C1NC(c2ccccc2)Cc2nc3ccccc3n21. The van der Waals surface area contributed by atoms with E-state index in [4.69, 9.17) is 17.2 Å². The summed E-state index contributed by atoms with van der Waals surface area (Å²) >= 11 is 5.53. The van der Waals surface area contributed by atoms with Crippen LogP contribution in [0, 0.1) is 0 Å². The number of nitrogens with zero attached hydrogens (tertiary/aromatic N) is 2. The van der Waals surface area contributed by atoms with Crippen LogP contribution in [-0.2, 0) is 6.42 Å². The van der Waals surface area contributed by atoms with E-state index in [0.29, 0.717) is 0 Å². The summed E-state index contributed by atoms with van der Waals surface area (Å²) in [5.41, 5.74) is 3.32. The van der Waals surface area contributed by atoms with E-state index in [1.54, 1.807) is 0 Å². The second kappa shape index (κ2) is 4.42. The molecule has 20 heavy (non-hydrogen) atoms. The Labute approximate surface area is 122 Å². The number of imidazole rings is 1. The van der Waals surface area contributed by atoms with Gasteiger partial charge in [0.2, 0.25) is 0 Å². The molecule has 2 aromatic carbocycles. The lowest BCUT2D eigenvalue weighted by Gasteiger charge is -2.27. The molecule has 3 nitrogen and oxygen atoms in total. The van der Waals surface area contributed by atoms with Gasteiger partial charge >= 0.3 is 0 Å². The van der Waals surface area contributed by atoms with Crippen molar-refractivity contribution in [2.24, 2.45) is 0 Å². The van der Waals surface area contributed by atoms with Crippen LogP contribution in [-0.4, -0.2) is 14.7 Å². The Hall–Kier alpha value is -2.20. The predicted octanol–water partition coefficient (Wildman–Crippen LogP) is 3.06. The molecule has 0 spiro atoms. The average Bonchev–Trinajstić information content (AvgIpc) is 2.87. The number of para-hydroxylation sites is 2. The zero-order valence-corrected chi connectivity index (χ0v) is 11.6. The molecule has 1 unspecified atom stereocenters. The molecule has 1 N–H and O–H groups in total. The third kappa shape index (κ3) is 1.72. The number of hydrogen-bond donors (Lipinski definition) is 1. The van der Waals surface area contributed by atoms with Gasteiger partial charge in [-0.15, -0.1) is 0 Å². The summed E-state index contributed by atoms with van der Waals surface area (Å²) in [6.07, 6.45) is 0.846. The van der Waals surface area contributed by atoms with Crippen LogP contribution in [0.2, 0.25) is 0 Å². The molecule has 0 aliphatic carbocycles. The summed E-state index contributed by atoms with van der Waals surface area (Å²) in [6.45, 7) is 0. The van der Waals surface area contributed by atoms with E-state index < -0.39 is 0 Å². The Morgan fingerprint density at radius 3 is 2.65 bits per heavy atom. The van der Waals surface area contributed by atoms with Gasteiger partial charge in [0.25, 0.3) is 0 Å². The van der Waals surface area contributed by atoms with Crippen LogP contribution in [0.5, 0.6) is 0 Å². The van der Waals surface area contributed by atoms with Gasteiger partial charge in [0.15, 0.2) is 5.11 Å². The maximum Gasteiger partial charge on any atom is 0.179 e. The number of benzene rings is 2. The van der Waals surface area contributed by atoms with Crippen LogP contribution in [0.15, 0.2) is 54.6 Å². The van der Waals surface area contributed by atoms with Gasteiger partial charge in [0.1, 0.15) is 5.82 Å². The largest absolute Gasteiger partial charge is 0.355 e. The predicted molar refractivity (Wildman–Crippen MR) is 83.8 cm³/mol. The molecule has 1 aliphatic rings. The van der Waals surface area contributed by atoms with E-state index in [9.17, 15) is 0 Å². The van der Waals surface area contributed by atoms with Gasteiger partial charge in [-0.25, -0.2) is 4.98 Å². The van der Waals surface area contributed by atoms with E-state index in [2.05, 4.69) is 35.6 Å². The number of nitrogens with one attached hydrogen (secondary N) is 1. The van der Waals surface area contributed by atoms with Crippen molar-refractivity contribution < 1.29 is 0 Å². The van der Waals surface area contributed by atoms with Crippen LogP contribution in [0.25, 0.3) is 11.0 Å². The molecule has 1 aromatic heterocycles. The van der Waals surface area contributed by atoms with E-state index in [-0.39, 0.29) is 6.04 Å². The molecule has 98 valence electrons. The molecular formula is C16H13N3S. The molecule has 1 aliphatic heterocycles. The first-order valence-electron chi connectivity index (χ1n) is 6.65. The van der Waals surface area contributed by atoms with E-state index in [1.165, 1.54) is 5.56 Å². The quantitative estimate of drug-likeness (QED) is 0.694. The summed E-state index contributed by atoms with van der Waals surface area (Å²) in [5, 5.41) is 4.15. The molecule has 0 amide bonds. The van der Waals surface area contributed by atoms with Crippen molar-refractivity contribution in [1.29, 1.82) is 0 Å². The van der Waals surface area contributed by atoms with Crippen LogP contribution in [0.3, 0.4) is 0 Å². The Kier molecular flexibility index (Phi) is 2.57. The molecule has 1 atom stereocenters. The first-order chi connectivity index (χ1) is 9.83. The normalized spacial score (nSPS) is 17.8. The third-order valence-corrected chi connectivity index (χ3v) is 4.02. The fourth-order valence-corrected chi connectivity index (χ4v) is 3.12. The van der Waals surface area contributed by atoms with Crippen LogP contribution in [0.1, 0.15) is 17.4 Å². The van der Waals surface area contributed by atoms with Gasteiger partial charge in [0, 0.05) is 6.42 Å². The number of fused-ring (bicyclic) bond motifs is 3. The summed E-state index contributed by atoms with van der Waals surface area (Å²) in [7, 11) is 0. The lowest BCUT2D eigenvalue weighted by atomic mass is 10.0. The molecule has 0 saturated carbocycles. The van der Waals surface area contributed by atoms with Crippen molar-refractivity contribution in [3.8, 4) is 0 Å². The molecule has 4 heteroatoms. The van der Waals surface area contributed by atoms with Gasteiger partial charge < -0.3 is 5.32 Å². The van der Waals surface area contributed by atoms with Gasteiger partial charge in [-0.1, -0.05) is 42.5 Å². The van der Waals surface area contributed by atoms with Gasteiger partial charge in [-0.3, -0.25) is 4.57 Å². The topological polar surface area (TPSA) is 29.9 Å². The van der Waals surface area contributed by atoms with Crippen molar-refractivity contribution in [3.05, 3.63) is 66.0 Å². The smallest absolute Gasteiger partial charge is 0.179 e. The zero-order valence-electron chi connectivity index (χ0n) is 10.8. The molecular weight excluding hydrogens is 266 g/mol. The maximum absolute atomic E-state index is 5.53. The molecule has 0 fully saturated rings. The maximum atomic E-state index is 5.53. The summed E-state index contributed by atoms with van der Waals surface area (Å²) in [6, 6.07) is 18.7. The second-order valence-corrected chi connectivity index (χ2v) is 5.36. The van der Waals surface area contributed by atoms with Gasteiger partial charge in [-0.2, -0.15) is 0 Å². The lowest BCUT2D eigenvalue weighted by Crippen LogP contribution is -2.39. The van der Waals surface area contributed by atoms with Crippen LogP contribution < -0.4 is 5.32 Å². The standard InChI is InChI=1S/C16H13N3S/c20-16-18-13(11-6-2-1-3-7-11)10-15-17-12-8-4-5-9-14(12)19(15)16/h1-9,13H,10H2,(H,18,20). The Morgan fingerprint density at radius 1 is 1.05 bits per heavy atom. The van der Waals surface area contributed by atoms with Gasteiger partial charge in [0.05, 0.1) is 17.1 Å². The first-order valence-corrected chi connectivity index (χ1v) is 7.06. The van der Waals surface area contributed by atoms with Crippen molar-refractivity contribution in [3.63, 3.8) is 0 Å². The fraction of sp³-hybridized carbons (Fsp3) is 0.125. The summed E-state index contributed by atoms with van der Waals surface area (Å²) in [5.74, 6) is 1.03. The highest BCUT2D eigenvalue weighted by atomic mass is 32.1. The van der Waals surface area contributed by atoms with E-state index in [0.717, 1.165) is 28.4 Å². The van der Waals surface area contributed by atoms with Gasteiger partial charge in [-0.05, 0) is 29.9 Å². The monoisotopic (exact) mass is 279 g/mol. The molecule has 4 rings (SSSR count). The molecule has 0 saturated heterocycles. The number of hydrogen-bond acceptors (Lipinski definition) is 2. The van der Waals surface area contributed by atoms with Crippen molar-refractivity contribution in [1.82, 2.24) is 14.9 Å². The highest BCUT2D eigenvalue weighted by Gasteiger charge is 2.25. The Morgan fingerprint density at radius 2 is 1.80 bits per heavy atom. The third-order valence-electron chi connectivity index (χ3n) is 3.72. The number of aromatic nitrogens is 2. The highest BCUT2D eigenvalue weighted by molar-refractivity contribution is 7.80. The molecule has 2 heterocycles. The highest BCUT2D eigenvalue weighted by Crippen LogP contribution is 2.26. The second-order valence-electron chi connectivity index (χ2n) is 4.97. The molecule has 3 aromatic rings. The minimum atomic E-state index is 0.202. The summed E-state index contributed by atoms with van der Waals surface area (Å²) < 4.78 is 2.05. The van der Waals surface area contributed by atoms with Crippen LogP contribution >= 0.6 is 12.2 Å². The van der Waals surface area contributed by atoms with E-state index in [1.807, 2.05) is 28.8 Å². The van der Waals surface area contributed by atoms with Crippen molar-refractivity contribution in [2.45, 2.75) is 12.5 Å². The minimum absolute atomic E-state index is 0.202. The first kappa shape index (κ1) is 11.6. The number of thiocarbonyl (C=S) groups is 1. The number of rotatable bonds is 1. The Bertz CT molecular complexity index is 792. The average molecular weight is 279 g/mol. The lowest BCUT2D eigenvalue weighted by molar-refractivity contribution is 0.584.